The fourth-order valence-corrected chi connectivity index (χ4v) is 2.78. The van der Waals surface area contributed by atoms with Gasteiger partial charge in [-0.3, -0.25) is 9.59 Å². The number of amides is 1. The van der Waals surface area contributed by atoms with Crippen LogP contribution >= 0.6 is 11.8 Å². The first-order valence-corrected chi connectivity index (χ1v) is 8.20. The Bertz CT molecular complexity index is 678. The Morgan fingerprint density at radius 1 is 1.38 bits per heavy atom. The van der Waals surface area contributed by atoms with E-state index in [1.54, 1.807) is 6.21 Å². The second-order valence-electron chi connectivity index (χ2n) is 6.13. The summed E-state index contributed by atoms with van der Waals surface area (Å²) in [6.45, 7) is 5.93. The zero-order chi connectivity index (χ0) is 17.7. The van der Waals surface area contributed by atoms with Crippen molar-refractivity contribution in [1.82, 2.24) is 5.32 Å². The number of nitrogens with zero attached hydrogens (tertiary/aromatic N) is 2. The number of rotatable bonds is 5. The van der Waals surface area contributed by atoms with E-state index in [1.165, 1.54) is 0 Å². The molecular formula is C16H19N3O4S. The van der Waals surface area contributed by atoms with Crippen LogP contribution in [-0.4, -0.2) is 39.2 Å². The van der Waals surface area contributed by atoms with Crippen molar-refractivity contribution in [2.24, 2.45) is 10.2 Å². The van der Waals surface area contributed by atoms with E-state index in [0.29, 0.717) is 5.17 Å². The number of amidine groups is 1. The van der Waals surface area contributed by atoms with Crippen LogP contribution in [0, 0.1) is 0 Å². The van der Waals surface area contributed by atoms with Gasteiger partial charge in [0.1, 0.15) is 16.6 Å². The monoisotopic (exact) mass is 349 g/mol. The highest BCUT2D eigenvalue weighted by Gasteiger charge is 2.32. The summed E-state index contributed by atoms with van der Waals surface area (Å²) in [6, 6.07) is 7.38. The molecule has 128 valence electrons. The van der Waals surface area contributed by atoms with E-state index in [1.807, 2.05) is 45.0 Å². The number of thioether (sulfide) groups is 1. The lowest BCUT2D eigenvalue weighted by atomic mass is 10.2. The predicted molar refractivity (Wildman–Crippen MR) is 93.6 cm³/mol. The molecule has 1 saturated heterocycles. The molecule has 1 atom stereocenters. The molecule has 0 aromatic heterocycles. The summed E-state index contributed by atoms with van der Waals surface area (Å²) in [7, 11) is 0. The number of hydrogen-bond donors (Lipinski definition) is 2. The van der Waals surface area contributed by atoms with Gasteiger partial charge in [-0.2, -0.15) is 5.10 Å². The Kier molecular flexibility index (Phi) is 5.61. The Balaban J connectivity index is 1.94. The summed E-state index contributed by atoms with van der Waals surface area (Å²) >= 11 is 1.07. The number of hydrogen-bond acceptors (Lipinski definition) is 6. The smallest absolute Gasteiger partial charge is 0.305 e. The summed E-state index contributed by atoms with van der Waals surface area (Å²) in [5.74, 6) is -0.619. The van der Waals surface area contributed by atoms with E-state index in [2.05, 4.69) is 15.5 Å². The summed E-state index contributed by atoms with van der Waals surface area (Å²) in [4.78, 5) is 22.2. The lowest BCUT2D eigenvalue weighted by molar-refractivity contribution is -0.138. The lowest BCUT2D eigenvalue weighted by Crippen LogP contribution is -2.26. The van der Waals surface area contributed by atoms with E-state index in [-0.39, 0.29) is 17.9 Å². The summed E-state index contributed by atoms with van der Waals surface area (Å²) in [5, 5.41) is 18.7. The van der Waals surface area contributed by atoms with Crippen molar-refractivity contribution in [1.29, 1.82) is 0 Å². The normalized spacial score (nSPS) is 19.7. The number of carbonyl (C=O) groups excluding carboxylic acids is 1. The first-order valence-electron chi connectivity index (χ1n) is 7.32. The molecule has 1 aromatic rings. The minimum absolute atomic E-state index is 0.242. The molecule has 1 amide bonds. The number of carbonyl (C=O) groups is 2. The molecule has 1 unspecified atom stereocenters. The number of carboxylic acid groups (broad SMARTS) is 1. The van der Waals surface area contributed by atoms with Crippen molar-refractivity contribution in [3.05, 3.63) is 29.8 Å². The first-order chi connectivity index (χ1) is 11.2. The van der Waals surface area contributed by atoms with Crippen molar-refractivity contribution < 1.29 is 19.4 Å². The van der Waals surface area contributed by atoms with Crippen LogP contribution in [0.2, 0.25) is 0 Å². The Morgan fingerprint density at radius 2 is 2.04 bits per heavy atom. The standard InChI is InChI=1S/C16H19N3O4S/c1-16(2,3)23-11-6-4-10(5-7-11)9-17-19-15-18-14(22)12(24-15)8-13(20)21/h4-7,9,12H,8H2,1-3H3,(H,20,21)(H,18,19,22). The van der Waals surface area contributed by atoms with Gasteiger partial charge in [-0.05, 0) is 50.6 Å². The molecular weight excluding hydrogens is 330 g/mol. The topological polar surface area (TPSA) is 100 Å². The van der Waals surface area contributed by atoms with E-state index in [4.69, 9.17) is 9.84 Å². The molecule has 2 rings (SSSR count). The average Bonchev–Trinajstić information content (AvgIpc) is 2.79. The molecule has 7 nitrogen and oxygen atoms in total. The van der Waals surface area contributed by atoms with Crippen LogP contribution < -0.4 is 10.1 Å². The highest BCUT2D eigenvalue weighted by Crippen LogP contribution is 2.22. The first kappa shape index (κ1) is 18.0. The molecule has 0 radical (unpaired) electrons. The van der Waals surface area contributed by atoms with Gasteiger partial charge in [0.05, 0.1) is 12.6 Å². The molecule has 0 spiro atoms. The Labute approximate surface area is 144 Å². The van der Waals surface area contributed by atoms with Crippen LogP contribution in [-0.2, 0) is 9.59 Å². The van der Waals surface area contributed by atoms with Gasteiger partial charge in [0.15, 0.2) is 5.17 Å². The van der Waals surface area contributed by atoms with Gasteiger partial charge in [-0.25, -0.2) is 0 Å². The third-order valence-electron chi connectivity index (χ3n) is 2.80. The Hall–Kier alpha value is -2.35. The van der Waals surface area contributed by atoms with Gasteiger partial charge in [-0.1, -0.05) is 11.8 Å². The molecule has 24 heavy (non-hydrogen) atoms. The van der Waals surface area contributed by atoms with E-state index < -0.39 is 11.2 Å². The van der Waals surface area contributed by atoms with Gasteiger partial charge in [0, 0.05) is 0 Å². The maximum atomic E-state index is 11.6. The van der Waals surface area contributed by atoms with Gasteiger partial charge < -0.3 is 15.2 Å². The van der Waals surface area contributed by atoms with Crippen molar-refractivity contribution in [3.63, 3.8) is 0 Å². The van der Waals surface area contributed by atoms with E-state index in [0.717, 1.165) is 23.1 Å². The molecule has 1 aliphatic heterocycles. The molecule has 0 aliphatic carbocycles. The van der Waals surface area contributed by atoms with Gasteiger partial charge >= 0.3 is 5.97 Å². The van der Waals surface area contributed by atoms with Crippen molar-refractivity contribution in [3.8, 4) is 5.75 Å². The second kappa shape index (κ2) is 7.48. The quantitative estimate of drug-likeness (QED) is 0.627. The number of ether oxygens (including phenoxy) is 1. The third kappa shape index (κ3) is 5.69. The second-order valence-corrected chi connectivity index (χ2v) is 7.32. The summed E-state index contributed by atoms with van der Waals surface area (Å²) < 4.78 is 5.73. The van der Waals surface area contributed by atoms with Crippen LogP contribution in [0.3, 0.4) is 0 Å². The van der Waals surface area contributed by atoms with Gasteiger partial charge in [0.25, 0.3) is 0 Å². The minimum atomic E-state index is -1.02. The molecule has 0 bridgehead atoms. The van der Waals surface area contributed by atoms with Gasteiger partial charge in [-0.15, -0.1) is 5.10 Å². The zero-order valence-corrected chi connectivity index (χ0v) is 14.5. The molecule has 2 N–H and O–H groups in total. The predicted octanol–water partition coefficient (Wildman–Crippen LogP) is 2.26. The molecule has 8 heteroatoms. The fourth-order valence-electron chi connectivity index (χ4n) is 1.87. The third-order valence-corrected chi connectivity index (χ3v) is 3.87. The summed E-state index contributed by atoms with van der Waals surface area (Å²) in [5.41, 5.74) is 0.573. The molecule has 0 saturated carbocycles. The van der Waals surface area contributed by atoms with Crippen molar-refractivity contribution in [2.75, 3.05) is 0 Å². The Morgan fingerprint density at radius 3 is 2.62 bits per heavy atom. The average molecular weight is 349 g/mol. The van der Waals surface area contributed by atoms with Crippen LogP contribution in [0.5, 0.6) is 5.75 Å². The number of aliphatic carboxylic acids is 1. The minimum Gasteiger partial charge on any atom is -0.488 e. The van der Waals surface area contributed by atoms with E-state index in [9.17, 15) is 9.59 Å². The number of nitrogens with one attached hydrogen (secondary N) is 1. The highest BCUT2D eigenvalue weighted by molar-refractivity contribution is 8.15. The van der Waals surface area contributed by atoms with Crippen molar-refractivity contribution >= 4 is 35.0 Å². The maximum absolute atomic E-state index is 11.6. The highest BCUT2D eigenvalue weighted by atomic mass is 32.2. The molecule has 1 aliphatic rings. The fraction of sp³-hybridized carbons (Fsp3) is 0.375. The number of carboxylic acids is 1. The zero-order valence-electron chi connectivity index (χ0n) is 13.6. The molecule has 1 aromatic carbocycles. The largest absolute Gasteiger partial charge is 0.488 e. The van der Waals surface area contributed by atoms with Crippen LogP contribution in [0.1, 0.15) is 32.8 Å². The van der Waals surface area contributed by atoms with E-state index >= 15 is 0 Å². The lowest BCUT2D eigenvalue weighted by Gasteiger charge is -2.21. The molecule has 1 fully saturated rings. The van der Waals surface area contributed by atoms with Gasteiger partial charge in [0.2, 0.25) is 5.91 Å². The van der Waals surface area contributed by atoms with Crippen LogP contribution in [0.15, 0.2) is 34.5 Å². The number of benzene rings is 1. The van der Waals surface area contributed by atoms with Crippen LogP contribution in [0.4, 0.5) is 0 Å². The SMILES string of the molecule is CC(C)(C)Oc1ccc(C=NN=C2NC(=O)C(CC(=O)O)S2)cc1. The molecule has 1 heterocycles. The van der Waals surface area contributed by atoms with Crippen molar-refractivity contribution in [2.45, 2.75) is 38.0 Å². The maximum Gasteiger partial charge on any atom is 0.305 e. The summed E-state index contributed by atoms with van der Waals surface area (Å²) in [6.07, 6.45) is 1.31. The van der Waals surface area contributed by atoms with Crippen LogP contribution in [0.25, 0.3) is 0 Å².